The number of alkyl halides is 3. The summed E-state index contributed by atoms with van der Waals surface area (Å²) in [5, 5.41) is 9.06. The lowest BCUT2D eigenvalue weighted by molar-refractivity contribution is -0.201. The van der Waals surface area contributed by atoms with E-state index >= 15 is 0 Å². The Morgan fingerprint density at radius 1 is 1.35 bits per heavy atom. The summed E-state index contributed by atoms with van der Waals surface area (Å²) in [7, 11) is 0. The second-order valence-corrected chi connectivity index (χ2v) is 5.08. The van der Waals surface area contributed by atoms with Crippen molar-refractivity contribution >= 4 is 5.97 Å². The van der Waals surface area contributed by atoms with Crippen molar-refractivity contribution in [2.45, 2.75) is 32.0 Å². The standard InChI is InChI=1S/C11H15F3O3/c1-5-4-17-8-3-6(11(12,13)14)2-7(9(5)8)10(15)16/h5-9H,2-4H2,1H3,(H,15,16)/t5-,6-,7+,8-,9-/m1/s1. The van der Waals surface area contributed by atoms with Crippen molar-refractivity contribution in [2.24, 2.45) is 23.7 Å². The number of ether oxygens (including phenoxy) is 1. The first kappa shape index (κ1) is 12.7. The molecule has 0 aromatic rings. The number of rotatable bonds is 1. The minimum Gasteiger partial charge on any atom is -0.481 e. The van der Waals surface area contributed by atoms with Crippen molar-refractivity contribution in [3.8, 4) is 0 Å². The summed E-state index contributed by atoms with van der Waals surface area (Å²) in [6.45, 7) is 2.21. The highest BCUT2D eigenvalue weighted by Crippen LogP contribution is 2.48. The van der Waals surface area contributed by atoms with Crippen molar-refractivity contribution in [3.63, 3.8) is 0 Å². The molecule has 2 aliphatic rings. The second kappa shape index (κ2) is 4.15. The Balaban J connectivity index is 2.20. The predicted molar refractivity (Wildman–Crippen MR) is 52.3 cm³/mol. The molecule has 1 aliphatic carbocycles. The van der Waals surface area contributed by atoms with Gasteiger partial charge >= 0.3 is 12.1 Å². The first-order chi connectivity index (χ1) is 7.80. The van der Waals surface area contributed by atoms with Gasteiger partial charge in [0.25, 0.3) is 0 Å². The normalized spacial score (nSPS) is 42.2. The van der Waals surface area contributed by atoms with E-state index in [2.05, 4.69) is 0 Å². The van der Waals surface area contributed by atoms with Gasteiger partial charge < -0.3 is 9.84 Å². The SMILES string of the molecule is C[C@@H]1CO[C@@H]2C[C@H](C(F)(F)F)C[C@H](C(=O)O)[C@@H]12. The predicted octanol–water partition coefficient (Wildman–Crippen LogP) is 2.31. The molecule has 1 aliphatic heterocycles. The minimum absolute atomic E-state index is 0.0234. The molecule has 1 heterocycles. The van der Waals surface area contributed by atoms with E-state index in [1.807, 2.05) is 6.92 Å². The third-order valence-corrected chi connectivity index (χ3v) is 3.96. The van der Waals surface area contributed by atoms with Gasteiger partial charge in [0, 0.05) is 12.5 Å². The monoisotopic (exact) mass is 252 g/mol. The number of aliphatic carboxylic acids is 1. The van der Waals surface area contributed by atoms with Crippen LogP contribution in [0.25, 0.3) is 0 Å². The number of carboxylic acids is 1. The van der Waals surface area contributed by atoms with E-state index in [-0.39, 0.29) is 24.7 Å². The third-order valence-electron chi connectivity index (χ3n) is 3.96. The van der Waals surface area contributed by atoms with E-state index in [4.69, 9.17) is 9.84 Å². The highest BCUT2D eigenvalue weighted by Gasteiger charge is 2.54. The van der Waals surface area contributed by atoms with Crippen molar-refractivity contribution in [1.82, 2.24) is 0 Å². The molecule has 0 radical (unpaired) electrons. The lowest BCUT2D eigenvalue weighted by Gasteiger charge is -2.37. The number of halogens is 3. The van der Waals surface area contributed by atoms with Crippen molar-refractivity contribution in [2.75, 3.05) is 6.61 Å². The van der Waals surface area contributed by atoms with Crippen molar-refractivity contribution in [3.05, 3.63) is 0 Å². The molecule has 0 spiro atoms. The molecule has 1 N–H and O–H groups in total. The van der Waals surface area contributed by atoms with Crippen LogP contribution < -0.4 is 0 Å². The van der Waals surface area contributed by atoms with Gasteiger partial charge in [-0.05, 0) is 18.8 Å². The number of carbonyl (C=O) groups is 1. The van der Waals surface area contributed by atoms with E-state index in [1.54, 1.807) is 0 Å². The maximum Gasteiger partial charge on any atom is 0.391 e. The van der Waals surface area contributed by atoms with Gasteiger partial charge in [0.05, 0.1) is 17.9 Å². The summed E-state index contributed by atoms with van der Waals surface area (Å²) < 4.78 is 43.4. The minimum atomic E-state index is -4.33. The molecule has 0 aromatic heterocycles. The van der Waals surface area contributed by atoms with E-state index in [0.717, 1.165) is 0 Å². The number of hydrogen-bond donors (Lipinski definition) is 1. The van der Waals surface area contributed by atoms with Crippen LogP contribution in [0.2, 0.25) is 0 Å². The highest BCUT2D eigenvalue weighted by molar-refractivity contribution is 5.70. The van der Waals surface area contributed by atoms with Crippen LogP contribution >= 0.6 is 0 Å². The number of fused-ring (bicyclic) bond motifs is 1. The maximum absolute atomic E-state index is 12.7. The van der Waals surface area contributed by atoms with Crippen LogP contribution in [0, 0.1) is 23.7 Å². The van der Waals surface area contributed by atoms with Crippen LogP contribution in [0.5, 0.6) is 0 Å². The fourth-order valence-corrected chi connectivity index (χ4v) is 3.12. The smallest absolute Gasteiger partial charge is 0.391 e. The lowest BCUT2D eigenvalue weighted by Crippen LogP contribution is -2.44. The maximum atomic E-state index is 12.7. The van der Waals surface area contributed by atoms with Crippen LogP contribution in [0.15, 0.2) is 0 Å². The van der Waals surface area contributed by atoms with E-state index in [0.29, 0.717) is 6.61 Å². The van der Waals surface area contributed by atoms with Crippen LogP contribution in [-0.4, -0.2) is 30.0 Å². The van der Waals surface area contributed by atoms with Crippen LogP contribution in [0.1, 0.15) is 19.8 Å². The summed E-state index contributed by atoms with van der Waals surface area (Å²) in [6, 6.07) is 0. The molecule has 0 unspecified atom stereocenters. The van der Waals surface area contributed by atoms with E-state index in [1.165, 1.54) is 0 Å². The topological polar surface area (TPSA) is 46.5 Å². The largest absolute Gasteiger partial charge is 0.481 e. The zero-order chi connectivity index (χ0) is 12.8. The summed E-state index contributed by atoms with van der Waals surface area (Å²) in [5.41, 5.74) is 0. The molecule has 17 heavy (non-hydrogen) atoms. The Morgan fingerprint density at radius 2 is 2.00 bits per heavy atom. The average Bonchev–Trinajstić information content (AvgIpc) is 2.58. The van der Waals surface area contributed by atoms with Gasteiger partial charge in [0.2, 0.25) is 0 Å². The first-order valence-corrected chi connectivity index (χ1v) is 5.71. The zero-order valence-corrected chi connectivity index (χ0v) is 9.41. The fourth-order valence-electron chi connectivity index (χ4n) is 3.12. The molecular formula is C11H15F3O3. The molecule has 2 rings (SSSR count). The quantitative estimate of drug-likeness (QED) is 0.779. The first-order valence-electron chi connectivity index (χ1n) is 5.71. The zero-order valence-electron chi connectivity index (χ0n) is 9.41. The van der Waals surface area contributed by atoms with Crippen molar-refractivity contribution in [1.29, 1.82) is 0 Å². The van der Waals surface area contributed by atoms with Crippen LogP contribution in [-0.2, 0) is 9.53 Å². The van der Waals surface area contributed by atoms with E-state index in [9.17, 15) is 18.0 Å². The Morgan fingerprint density at radius 3 is 2.53 bits per heavy atom. The van der Waals surface area contributed by atoms with Gasteiger partial charge in [-0.1, -0.05) is 6.92 Å². The highest BCUT2D eigenvalue weighted by atomic mass is 19.4. The molecule has 3 nitrogen and oxygen atoms in total. The van der Waals surface area contributed by atoms with Gasteiger partial charge in [-0.3, -0.25) is 4.79 Å². The molecule has 1 saturated carbocycles. The summed E-state index contributed by atoms with van der Waals surface area (Å²) in [4.78, 5) is 11.1. The molecule has 0 amide bonds. The molecule has 0 bridgehead atoms. The summed E-state index contributed by atoms with van der Waals surface area (Å²) >= 11 is 0. The van der Waals surface area contributed by atoms with Crippen LogP contribution in [0.3, 0.4) is 0 Å². The Kier molecular flexibility index (Phi) is 3.10. The third kappa shape index (κ3) is 2.27. The number of hydrogen-bond acceptors (Lipinski definition) is 2. The van der Waals surface area contributed by atoms with Crippen molar-refractivity contribution < 1.29 is 27.8 Å². The molecular weight excluding hydrogens is 237 g/mol. The lowest BCUT2D eigenvalue weighted by atomic mass is 9.69. The number of carboxylic acid groups (broad SMARTS) is 1. The van der Waals surface area contributed by atoms with Crippen LogP contribution in [0.4, 0.5) is 13.2 Å². The molecule has 98 valence electrons. The molecule has 5 atom stereocenters. The Labute approximate surface area is 96.9 Å². The van der Waals surface area contributed by atoms with Gasteiger partial charge in [0.1, 0.15) is 0 Å². The summed E-state index contributed by atoms with van der Waals surface area (Å²) in [5.74, 6) is -3.86. The Bertz CT molecular complexity index is 316. The van der Waals surface area contributed by atoms with Gasteiger partial charge in [-0.15, -0.1) is 0 Å². The molecule has 6 heteroatoms. The van der Waals surface area contributed by atoms with E-state index < -0.39 is 30.1 Å². The molecule has 0 aromatic carbocycles. The Hall–Kier alpha value is -0.780. The second-order valence-electron chi connectivity index (χ2n) is 5.08. The fraction of sp³-hybridized carbons (Fsp3) is 0.909. The summed E-state index contributed by atoms with van der Waals surface area (Å²) in [6.07, 6.45) is -5.28. The molecule has 2 fully saturated rings. The van der Waals surface area contributed by atoms with Gasteiger partial charge in [0.15, 0.2) is 0 Å². The average molecular weight is 252 g/mol. The van der Waals surface area contributed by atoms with Gasteiger partial charge in [-0.25, -0.2) is 0 Å². The van der Waals surface area contributed by atoms with Gasteiger partial charge in [-0.2, -0.15) is 13.2 Å². The molecule has 1 saturated heterocycles.